The summed E-state index contributed by atoms with van der Waals surface area (Å²) in [6, 6.07) is 13.5. The molecule has 0 aliphatic heterocycles. The van der Waals surface area contributed by atoms with Crippen molar-refractivity contribution in [2.75, 3.05) is 0 Å². The first-order valence-electron chi connectivity index (χ1n) is 6.74. The topological polar surface area (TPSA) is 87.7 Å². The summed E-state index contributed by atoms with van der Waals surface area (Å²) in [5.74, 6) is 0.629. The molecule has 8 heteroatoms. The van der Waals surface area contributed by atoms with Crippen molar-refractivity contribution in [1.29, 1.82) is 0 Å². The second-order valence-electron chi connectivity index (χ2n) is 4.82. The van der Waals surface area contributed by atoms with E-state index in [-0.39, 0.29) is 11.4 Å². The van der Waals surface area contributed by atoms with Crippen molar-refractivity contribution in [2.24, 2.45) is 0 Å². The van der Waals surface area contributed by atoms with Crippen LogP contribution in [0.4, 0.5) is 0 Å². The maximum atomic E-state index is 12.3. The Labute approximate surface area is 138 Å². The molecule has 0 bridgehead atoms. The molecule has 0 amide bonds. The molecule has 23 heavy (non-hydrogen) atoms. The second kappa shape index (κ2) is 6.49. The molecule has 0 spiro atoms. The molecule has 1 heterocycles. The zero-order valence-electron chi connectivity index (χ0n) is 11.9. The third-order valence-electron chi connectivity index (χ3n) is 3.19. The van der Waals surface area contributed by atoms with Crippen LogP contribution in [0, 0.1) is 0 Å². The van der Waals surface area contributed by atoms with Gasteiger partial charge in [-0.15, -0.1) is 0 Å². The van der Waals surface area contributed by atoms with Crippen LogP contribution in [-0.2, 0) is 16.6 Å². The number of aromatic nitrogens is 3. The number of rotatable bonds is 5. The van der Waals surface area contributed by atoms with E-state index < -0.39 is 10.0 Å². The summed E-state index contributed by atoms with van der Waals surface area (Å²) in [6.45, 7) is 0.164. The number of aromatic amines is 1. The predicted molar refractivity (Wildman–Crippen MR) is 87.3 cm³/mol. The molecule has 0 saturated heterocycles. The Balaban J connectivity index is 1.77. The van der Waals surface area contributed by atoms with E-state index in [0.717, 1.165) is 11.1 Å². The van der Waals surface area contributed by atoms with Gasteiger partial charge >= 0.3 is 0 Å². The zero-order chi connectivity index (χ0) is 16.3. The van der Waals surface area contributed by atoms with Crippen molar-refractivity contribution in [3.63, 3.8) is 0 Å². The molecule has 0 aliphatic rings. The van der Waals surface area contributed by atoms with E-state index in [1.54, 1.807) is 12.1 Å². The summed E-state index contributed by atoms with van der Waals surface area (Å²) < 4.78 is 27.1. The van der Waals surface area contributed by atoms with Crippen LogP contribution in [0.1, 0.15) is 5.56 Å². The minimum absolute atomic E-state index is 0.136. The Kier molecular flexibility index (Phi) is 4.42. The number of H-pyrrole nitrogens is 1. The molecule has 0 saturated carbocycles. The summed E-state index contributed by atoms with van der Waals surface area (Å²) in [4.78, 5) is 4.21. The number of hydrogen-bond donors (Lipinski definition) is 2. The van der Waals surface area contributed by atoms with Crippen LogP contribution >= 0.6 is 11.6 Å². The van der Waals surface area contributed by atoms with Crippen LogP contribution in [0.3, 0.4) is 0 Å². The van der Waals surface area contributed by atoms with E-state index in [1.807, 2.05) is 24.3 Å². The fourth-order valence-corrected chi connectivity index (χ4v) is 3.39. The highest BCUT2D eigenvalue weighted by molar-refractivity contribution is 7.89. The maximum Gasteiger partial charge on any atom is 0.240 e. The molecule has 0 unspecified atom stereocenters. The largest absolute Gasteiger partial charge is 0.259 e. The number of nitrogens with one attached hydrogen (secondary N) is 2. The molecule has 0 aliphatic carbocycles. The van der Waals surface area contributed by atoms with E-state index in [1.165, 1.54) is 18.5 Å². The first-order valence-corrected chi connectivity index (χ1v) is 8.61. The molecule has 0 fully saturated rings. The molecule has 118 valence electrons. The quantitative estimate of drug-likeness (QED) is 0.741. The van der Waals surface area contributed by atoms with Gasteiger partial charge in [-0.1, -0.05) is 35.9 Å². The molecule has 2 N–H and O–H groups in total. The average Bonchev–Trinajstić information content (AvgIpc) is 3.08. The third kappa shape index (κ3) is 3.76. The van der Waals surface area contributed by atoms with E-state index in [0.29, 0.717) is 10.8 Å². The van der Waals surface area contributed by atoms with Gasteiger partial charge in [-0.25, -0.2) is 18.1 Å². The van der Waals surface area contributed by atoms with Gasteiger partial charge in [-0.2, -0.15) is 5.10 Å². The predicted octanol–water partition coefficient (Wildman–Crippen LogP) is 2.60. The SMILES string of the molecule is O=S(=O)(NCc1cccc(-c2ncn[nH]2)c1)c1cccc(Cl)c1. The van der Waals surface area contributed by atoms with Crippen molar-refractivity contribution in [1.82, 2.24) is 19.9 Å². The van der Waals surface area contributed by atoms with Crippen molar-refractivity contribution < 1.29 is 8.42 Å². The van der Waals surface area contributed by atoms with E-state index in [2.05, 4.69) is 19.9 Å². The summed E-state index contributed by atoms with van der Waals surface area (Å²) in [5, 5.41) is 6.95. The lowest BCUT2D eigenvalue weighted by atomic mass is 10.1. The standard InChI is InChI=1S/C15H13ClN4O2S/c16-13-5-2-6-14(8-13)23(21,22)19-9-11-3-1-4-12(7-11)15-17-10-18-20-15/h1-8,10,19H,9H2,(H,17,18,20). The Morgan fingerprint density at radius 1 is 1.13 bits per heavy atom. The minimum Gasteiger partial charge on any atom is -0.259 e. The van der Waals surface area contributed by atoms with Gasteiger partial charge in [0.05, 0.1) is 4.90 Å². The lowest BCUT2D eigenvalue weighted by molar-refractivity contribution is 0.581. The molecular weight excluding hydrogens is 336 g/mol. The molecule has 1 aromatic heterocycles. The number of halogens is 1. The number of sulfonamides is 1. The van der Waals surface area contributed by atoms with Crippen molar-refractivity contribution >= 4 is 21.6 Å². The molecule has 2 aromatic carbocycles. The second-order valence-corrected chi connectivity index (χ2v) is 7.02. The van der Waals surface area contributed by atoms with Crippen LogP contribution in [0.2, 0.25) is 5.02 Å². The number of benzene rings is 2. The van der Waals surface area contributed by atoms with Crippen LogP contribution < -0.4 is 4.72 Å². The van der Waals surface area contributed by atoms with E-state index in [9.17, 15) is 8.42 Å². The minimum atomic E-state index is -3.62. The van der Waals surface area contributed by atoms with Crippen molar-refractivity contribution in [2.45, 2.75) is 11.4 Å². The third-order valence-corrected chi connectivity index (χ3v) is 4.82. The fraction of sp³-hybridized carbons (Fsp3) is 0.0667. The Hall–Kier alpha value is -2.22. The van der Waals surface area contributed by atoms with E-state index >= 15 is 0 Å². The van der Waals surface area contributed by atoms with Gasteiger partial charge in [0.2, 0.25) is 10.0 Å². The Morgan fingerprint density at radius 3 is 2.70 bits per heavy atom. The van der Waals surface area contributed by atoms with Crippen LogP contribution in [0.25, 0.3) is 11.4 Å². The van der Waals surface area contributed by atoms with Crippen molar-refractivity contribution in [3.05, 3.63) is 65.4 Å². The van der Waals surface area contributed by atoms with Crippen LogP contribution in [0.5, 0.6) is 0 Å². The highest BCUT2D eigenvalue weighted by atomic mass is 35.5. The zero-order valence-corrected chi connectivity index (χ0v) is 13.5. The van der Waals surface area contributed by atoms with Crippen LogP contribution in [-0.4, -0.2) is 23.6 Å². The molecule has 3 rings (SSSR count). The number of hydrogen-bond acceptors (Lipinski definition) is 4. The van der Waals surface area contributed by atoms with Crippen LogP contribution in [0.15, 0.2) is 59.8 Å². The Morgan fingerprint density at radius 2 is 1.96 bits per heavy atom. The molecule has 0 radical (unpaired) electrons. The average molecular weight is 349 g/mol. The first-order chi connectivity index (χ1) is 11.0. The Bertz CT molecular complexity index is 911. The summed E-state index contributed by atoms with van der Waals surface area (Å²) in [5.41, 5.74) is 1.64. The molecule has 0 atom stereocenters. The fourth-order valence-electron chi connectivity index (χ4n) is 2.07. The normalized spacial score (nSPS) is 11.5. The number of nitrogens with zero attached hydrogens (tertiary/aromatic N) is 2. The van der Waals surface area contributed by atoms with E-state index in [4.69, 9.17) is 11.6 Å². The van der Waals surface area contributed by atoms with Gasteiger partial charge in [-0.3, -0.25) is 5.10 Å². The maximum absolute atomic E-state index is 12.3. The van der Waals surface area contributed by atoms with Gasteiger partial charge in [0.15, 0.2) is 5.82 Å². The summed E-state index contributed by atoms with van der Waals surface area (Å²) in [7, 11) is -3.62. The summed E-state index contributed by atoms with van der Waals surface area (Å²) in [6.07, 6.45) is 1.42. The highest BCUT2D eigenvalue weighted by Crippen LogP contribution is 2.17. The lowest BCUT2D eigenvalue weighted by Crippen LogP contribution is -2.23. The lowest BCUT2D eigenvalue weighted by Gasteiger charge is -2.08. The smallest absolute Gasteiger partial charge is 0.240 e. The summed E-state index contributed by atoms with van der Waals surface area (Å²) >= 11 is 5.84. The van der Waals surface area contributed by atoms with Gasteiger partial charge in [0, 0.05) is 17.1 Å². The molecular formula is C15H13ClN4O2S. The van der Waals surface area contributed by atoms with Crippen molar-refractivity contribution in [3.8, 4) is 11.4 Å². The monoisotopic (exact) mass is 348 g/mol. The molecule has 6 nitrogen and oxygen atoms in total. The van der Waals surface area contributed by atoms with Gasteiger partial charge in [-0.05, 0) is 29.8 Å². The van der Waals surface area contributed by atoms with Gasteiger partial charge < -0.3 is 0 Å². The first kappa shape index (κ1) is 15.7. The van der Waals surface area contributed by atoms with Gasteiger partial charge in [0.1, 0.15) is 6.33 Å². The van der Waals surface area contributed by atoms with Gasteiger partial charge in [0.25, 0.3) is 0 Å². The molecule has 3 aromatic rings. The highest BCUT2D eigenvalue weighted by Gasteiger charge is 2.14.